The number of nitrogens with one attached hydrogen (secondary N) is 1. The monoisotopic (exact) mass is 108 g/mol. The van der Waals surface area contributed by atoms with Crippen LogP contribution in [0.4, 0.5) is 8.78 Å². The lowest BCUT2D eigenvalue weighted by molar-refractivity contribution is 0.0845. The van der Waals surface area contributed by atoms with Crippen molar-refractivity contribution in [1.29, 1.82) is 5.41 Å². The van der Waals surface area contributed by atoms with Crippen LogP contribution in [-0.2, 0) is 0 Å². The standard InChI is InChI=1S/C3H6F2N2/c1-2(6)3(4,5)7/h6H,7H2,1H3. The van der Waals surface area contributed by atoms with E-state index in [9.17, 15) is 8.78 Å². The van der Waals surface area contributed by atoms with Crippen LogP contribution in [0.1, 0.15) is 6.92 Å². The van der Waals surface area contributed by atoms with Crippen molar-refractivity contribution < 1.29 is 8.78 Å². The van der Waals surface area contributed by atoms with Crippen molar-refractivity contribution in [1.82, 2.24) is 0 Å². The molecule has 0 saturated heterocycles. The Labute approximate surface area is 39.8 Å². The molecule has 0 aliphatic carbocycles. The van der Waals surface area contributed by atoms with E-state index < -0.39 is 11.8 Å². The summed E-state index contributed by atoms with van der Waals surface area (Å²) in [6.07, 6.45) is 0. The van der Waals surface area contributed by atoms with Gasteiger partial charge in [0, 0.05) is 0 Å². The maximum atomic E-state index is 11.4. The SMILES string of the molecule is CC(=N)C(N)(F)F. The smallest absolute Gasteiger partial charge is 0.302 e. The molecule has 0 aromatic heterocycles. The van der Waals surface area contributed by atoms with Gasteiger partial charge in [-0.2, -0.15) is 8.78 Å². The van der Waals surface area contributed by atoms with Crippen LogP contribution in [0, 0.1) is 5.41 Å². The highest BCUT2D eigenvalue weighted by Crippen LogP contribution is 2.03. The van der Waals surface area contributed by atoms with Gasteiger partial charge >= 0.3 is 6.05 Å². The number of hydrogen-bond donors (Lipinski definition) is 2. The Kier molecular flexibility index (Phi) is 1.42. The van der Waals surface area contributed by atoms with Gasteiger partial charge in [0.1, 0.15) is 0 Å². The van der Waals surface area contributed by atoms with Gasteiger partial charge in [-0.3, -0.25) is 5.73 Å². The molecule has 0 saturated carbocycles. The third-order valence-corrected chi connectivity index (χ3v) is 0.500. The van der Waals surface area contributed by atoms with Gasteiger partial charge in [-0.15, -0.1) is 0 Å². The van der Waals surface area contributed by atoms with Gasteiger partial charge in [-0.05, 0) is 6.92 Å². The Morgan fingerprint density at radius 3 is 1.86 bits per heavy atom. The molecule has 0 unspecified atom stereocenters. The molecule has 3 N–H and O–H groups in total. The first-order valence-corrected chi connectivity index (χ1v) is 1.67. The number of alkyl halides is 2. The van der Waals surface area contributed by atoms with Crippen molar-refractivity contribution in [3.63, 3.8) is 0 Å². The van der Waals surface area contributed by atoms with Crippen LogP contribution in [0.25, 0.3) is 0 Å². The minimum atomic E-state index is -3.42. The van der Waals surface area contributed by atoms with Crippen molar-refractivity contribution in [2.75, 3.05) is 0 Å². The Hall–Kier alpha value is -0.510. The summed E-state index contributed by atoms with van der Waals surface area (Å²) in [6.45, 7) is 0.958. The molecule has 2 nitrogen and oxygen atoms in total. The van der Waals surface area contributed by atoms with Crippen LogP contribution >= 0.6 is 0 Å². The maximum absolute atomic E-state index is 11.4. The third kappa shape index (κ3) is 2.22. The highest BCUT2D eigenvalue weighted by atomic mass is 19.3. The topological polar surface area (TPSA) is 49.9 Å². The van der Waals surface area contributed by atoms with E-state index in [1.54, 1.807) is 0 Å². The van der Waals surface area contributed by atoms with Crippen molar-refractivity contribution >= 4 is 5.71 Å². The molecule has 0 aliphatic heterocycles. The average molecular weight is 108 g/mol. The Balaban J connectivity index is 3.79. The van der Waals surface area contributed by atoms with Crippen molar-refractivity contribution in [3.8, 4) is 0 Å². The summed E-state index contributed by atoms with van der Waals surface area (Å²) in [7, 11) is 0. The molecule has 42 valence electrons. The van der Waals surface area contributed by atoms with Crippen LogP contribution in [0.3, 0.4) is 0 Å². The molecule has 0 spiro atoms. The second-order valence-electron chi connectivity index (χ2n) is 1.25. The van der Waals surface area contributed by atoms with E-state index >= 15 is 0 Å². The Morgan fingerprint density at radius 1 is 1.71 bits per heavy atom. The van der Waals surface area contributed by atoms with Crippen LogP contribution in [0.5, 0.6) is 0 Å². The normalized spacial score (nSPS) is 11.4. The molecule has 0 atom stereocenters. The molecule has 0 bridgehead atoms. The third-order valence-electron chi connectivity index (χ3n) is 0.500. The summed E-state index contributed by atoms with van der Waals surface area (Å²) in [5.41, 5.74) is 3.31. The van der Waals surface area contributed by atoms with Crippen molar-refractivity contribution in [3.05, 3.63) is 0 Å². The predicted octanol–water partition coefficient (Wildman–Crippen LogP) is 0.578. The quantitative estimate of drug-likeness (QED) is 0.374. The second kappa shape index (κ2) is 1.54. The largest absolute Gasteiger partial charge is 0.338 e. The molecule has 0 aromatic carbocycles. The minimum Gasteiger partial charge on any atom is -0.302 e. The van der Waals surface area contributed by atoms with Crippen LogP contribution < -0.4 is 5.73 Å². The molecular formula is C3H6F2N2. The Bertz CT molecular complexity index is 83.4. The van der Waals surface area contributed by atoms with E-state index in [4.69, 9.17) is 5.41 Å². The van der Waals surface area contributed by atoms with E-state index in [2.05, 4.69) is 5.73 Å². The summed E-state index contributed by atoms with van der Waals surface area (Å²) in [5, 5.41) is 6.27. The van der Waals surface area contributed by atoms with Crippen LogP contribution in [0.2, 0.25) is 0 Å². The van der Waals surface area contributed by atoms with Crippen molar-refractivity contribution in [2.24, 2.45) is 5.73 Å². The first-order chi connectivity index (χ1) is 2.94. The van der Waals surface area contributed by atoms with Gasteiger partial charge in [-0.25, -0.2) is 0 Å². The lowest BCUT2D eigenvalue weighted by Gasteiger charge is -2.04. The highest BCUT2D eigenvalue weighted by Gasteiger charge is 2.24. The van der Waals surface area contributed by atoms with Crippen LogP contribution in [0.15, 0.2) is 0 Å². The fourth-order valence-corrected chi connectivity index (χ4v) is 0. The summed E-state index contributed by atoms with van der Waals surface area (Å²) < 4.78 is 22.8. The van der Waals surface area contributed by atoms with Gasteiger partial charge in [0.2, 0.25) is 0 Å². The number of halogens is 2. The van der Waals surface area contributed by atoms with E-state index in [0.29, 0.717) is 0 Å². The second-order valence-corrected chi connectivity index (χ2v) is 1.25. The number of rotatable bonds is 1. The summed E-state index contributed by atoms with van der Waals surface area (Å²) in [4.78, 5) is 0. The van der Waals surface area contributed by atoms with Gasteiger partial charge in [0.25, 0.3) is 0 Å². The molecule has 0 heterocycles. The van der Waals surface area contributed by atoms with Crippen molar-refractivity contribution in [2.45, 2.75) is 13.0 Å². The molecular weight excluding hydrogens is 102 g/mol. The molecule has 0 amide bonds. The summed E-state index contributed by atoms with van der Waals surface area (Å²) in [5.74, 6) is 0. The molecule has 0 aliphatic rings. The lowest BCUT2D eigenvalue weighted by atomic mass is 10.4. The summed E-state index contributed by atoms with van der Waals surface area (Å²) >= 11 is 0. The Morgan fingerprint density at radius 2 is 1.86 bits per heavy atom. The molecule has 0 rings (SSSR count). The molecule has 0 fully saturated rings. The van der Waals surface area contributed by atoms with Gasteiger partial charge in [0.15, 0.2) is 0 Å². The molecule has 7 heavy (non-hydrogen) atoms. The zero-order valence-electron chi connectivity index (χ0n) is 3.83. The zero-order valence-corrected chi connectivity index (χ0v) is 3.83. The maximum Gasteiger partial charge on any atom is 0.338 e. The lowest BCUT2D eigenvalue weighted by Crippen LogP contribution is -2.35. The fourth-order valence-electron chi connectivity index (χ4n) is 0. The fraction of sp³-hybridized carbons (Fsp3) is 0.667. The van der Waals surface area contributed by atoms with E-state index in [0.717, 1.165) is 6.92 Å². The molecule has 0 aromatic rings. The highest BCUT2D eigenvalue weighted by molar-refractivity contribution is 5.84. The first-order valence-electron chi connectivity index (χ1n) is 1.67. The van der Waals surface area contributed by atoms with Gasteiger partial charge < -0.3 is 5.41 Å². The molecule has 0 radical (unpaired) electrons. The van der Waals surface area contributed by atoms with E-state index in [1.165, 1.54) is 0 Å². The molecule has 4 heteroatoms. The number of nitrogens with two attached hydrogens (primary N) is 1. The minimum absolute atomic E-state index is 0.812. The summed E-state index contributed by atoms with van der Waals surface area (Å²) in [6, 6.07) is -3.42. The van der Waals surface area contributed by atoms with E-state index in [-0.39, 0.29) is 0 Å². The van der Waals surface area contributed by atoms with Crippen LogP contribution in [-0.4, -0.2) is 11.8 Å². The zero-order chi connectivity index (χ0) is 6.08. The van der Waals surface area contributed by atoms with E-state index in [1.807, 2.05) is 0 Å². The van der Waals surface area contributed by atoms with Gasteiger partial charge in [0.05, 0.1) is 5.71 Å². The first kappa shape index (κ1) is 6.49. The number of hydrogen-bond acceptors (Lipinski definition) is 2. The van der Waals surface area contributed by atoms with Gasteiger partial charge in [-0.1, -0.05) is 0 Å². The predicted molar refractivity (Wildman–Crippen MR) is 22.5 cm³/mol. The average Bonchev–Trinajstić information content (AvgIpc) is 1.31.